The van der Waals surface area contributed by atoms with Gasteiger partial charge in [-0.05, 0) is 74.1 Å². The number of carboxylic acids is 1. The van der Waals surface area contributed by atoms with Crippen LogP contribution in [0.2, 0.25) is 5.02 Å². The smallest absolute Gasteiger partial charge is 0.335 e. The number of aromatic carboxylic acids is 1. The van der Waals surface area contributed by atoms with Crippen molar-refractivity contribution in [2.75, 3.05) is 13.1 Å². The molecule has 3 heterocycles. The van der Waals surface area contributed by atoms with Crippen molar-refractivity contribution in [1.29, 1.82) is 0 Å². The van der Waals surface area contributed by atoms with Gasteiger partial charge in [0.2, 0.25) is 0 Å². The Hall–Kier alpha value is -3.09. The lowest BCUT2D eigenvalue weighted by atomic mass is 9.81. The number of hydrogen-bond acceptors (Lipinski definition) is 3. The third-order valence-electron chi connectivity index (χ3n) is 8.27. The van der Waals surface area contributed by atoms with Gasteiger partial charge in [-0.2, -0.15) is 0 Å². The number of halogens is 1. The third kappa shape index (κ3) is 4.44. The van der Waals surface area contributed by atoms with Crippen molar-refractivity contribution in [3.05, 3.63) is 63.7 Å². The van der Waals surface area contributed by atoms with E-state index in [0.29, 0.717) is 36.1 Å². The van der Waals surface area contributed by atoms with E-state index in [1.165, 1.54) is 24.8 Å². The van der Waals surface area contributed by atoms with Crippen LogP contribution in [0.25, 0.3) is 28.2 Å². The Balaban J connectivity index is 1.58. The second-order valence-corrected chi connectivity index (χ2v) is 11.5. The summed E-state index contributed by atoms with van der Waals surface area (Å²) in [6.45, 7) is 5.44. The largest absolute Gasteiger partial charge is 0.478 e. The number of benzene rings is 2. The molecule has 6 rings (SSSR count). The first-order chi connectivity index (χ1) is 18.3. The number of fused-ring (bicyclic) bond motifs is 5. The van der Waals surface area contributed by atoms with Crippen molar-refractivity contribution in [3.63, 3.8) is 0 Å². The minimum Gasteiger partial charge on any atom is -0.478 e. The molecular weight excluding hydrogens is 500 g/mol. The number of carbonyl (C=O) groups is 2. The fraction of sp³-hybridized carbons (Fsp3) is 0.419. The van der Waals surface area contributed by atoms with Crippen LogP contribution in [0.3, 0.4) is 0 Å². The summed E-state index contributed by atoms with van der Waals surface area (Å²) < 4.78 is 8.06. The van der Waals surface area contributed by atoms with Gasteiger partial charge in [-0.3, -0.25) is 4.79 Å². The van der Waals surface area contributed by atoms with Gasteiger partial charge in [0.25, 0.3) is 5.91 Å². The highest BCUT2D eigenvalue weighted by atomic mass is 35.5. The first kappa shape index (κ1) is 25.2. The summed E-state index contributed by atoms with van der Waals surface area (Å²) in [7, 11) is 0. The minimum absolute atomic E-state index is 0.0127. The highest BCUT2D eigenvalue weighted by Gasteiger charge is 2.33. The van der Waals surface area contributed by atoms with E-state index in [4.69, 9.17) is 16.3 Å². The Kier molecular flexibility index (Phi) is 6.57. The lowest BCUT2D eigenvalue weighted by Crippen LogP contribution is -2.48. The standard InChI is InChI=1S/C31H33ClN2O4/c1-18-15-33(16-19(2)38-18)30(35)23-12-22-13-24(32)9-11-25(22)29-28(20-6-4-3-5-7-20)26-10-8-21(31(36)37)14-27(26)34(29)17-23/h8-14,18-20H,3-7,15-17H2,1-2H3,(H,36,37)/t18-,19+. The highest BCUT2D eigenvalue weighted by Crippen LogP contribution is 2.47. The van der Waals surface area contributed by atoms with Gasteiger partial charge < -0.3 is 19.3 Å². The summed E-state index contributed by atoms with van der Waals surface area (Å²) in [6.07, 6.45) is 7.76. The fourth-order valence-electron chi connectivity index (χ4n) is 6.72. The van der Waals surface area contributed by atoms with Crippen molar-refractivity contribution in [1.82, 2.24) is 9.47 Å². The molecule has 2 aliphatic heterocycles. The van der Waals surface area contributed by atoms with Gasteiger partial charge in [0.05, 0.1) is 30.0 Å². The Labute approximate surface area is 227 Å². The molecule has 2 aromatic carbocycles. The van der Waals surface area contributed by atoms with Gasteiger partial charge in [0.1, 0.15) is 0 Å². The average molecular weight is 533 g/mol. The van der Waals surface area contributed by atoms with E-state index >= 15 is 0 Å². The lowest BCUT2D eigenvalue weighted by Gasteiger charge is -2.35. The number of hydrogen-bond donors (Lipinski definition) is 1. The maximum absolute atomic E-state index is 14.0. The van der Waals surface area contributed by atoms with Crippen LogP contribution in [-0.2, 0) is 16.1 Å². The van der Waals surface area contributed by atoms with E-state index in [1.807, 2.05) is 43.0 Å². The van der Waals surface area contributed by atoms with Crippen molar-refractivity contribution < 1.29 is 19.4 Å². The molecule has 6 nitrogen and oxygen atoms in total. The van der Waals surface area contributed by atoms with Crippen LogP contribution in [0, 0.1) is 0 Å². The SMILES string of the molecule is C[C@@H]1CN(C(=O)C2=Cc3cc(Cl)ccc3-c3c(C4CCCCC4)c4ccc(C(=O)O)cc4n3C2)C[C@H](C)O1. The van der Waals surface area contributed by atoms with Gasteiger partial charge in [0.15, 0.2) is 0 Å². The van der Waals surface area contributed by atoms with Gasteiger partial charge in [-0.15, -0.1) is 0 Å². The number of morpholine rings is 1. The predicted molar refractivity (Wildman–Crippen MR) is 150 cm³/mol. The van der Waals surface area contributed by atoms with Crippen LogP contribution in [0.5, 0.6) is 0 Å². The summed E-state index contributed by atoms with van der Waals surface area (Å²) in [5, 5.41) is 11.5. The summed E-state index contributed by atoms with van der Waals surface area (Å²) >= 11 is 6.48. The van der Waals surface area contributed by atoms with E-state index in [1.54, 1.807) is 12.1 Å². The van der Waals surface area contributed by atoms with Gasteiger partial charge in [-0.25, -0.2) is 4.79 Å². The zero-order chi connectivity index (χ0) is 26.6. The molecule has 0 radical (unpaired) electrons. The molecule has 1 amide bonds. The van der Waals surface area contributed by atoms with Gasteiger partial charge in [-0.1, -0.05) is 43.0 Å². The van der Waals surface area contributed by atoms with Crippen molar-refractivity contribution >= 4 is 40.5 Å². The average Bonchev–Trinajstić information content (AvgIpc) is 3.11. The monoisotopic (exact) mass is 532 g/mol. The number of nitrogens with zero attached hydrogens (tertiary/aromatic N) is 2. The van der Waals surface area contributed by atoms with E-state index in [0.717, 1.165) is 40.6 Å². The second kappa shape index (κ2) is 9.90. The van der Waals surface area contributed by atoms with Crippen molar-refractivity contribution in [3.8, 4) is 11.3 Å². The summed E-state index contributed by atoms with van der Waals surface area (Å²) in [6, 6.07) is 11.3. The van der Waals surface area contributed by atoms with Crippen LogP contribution in [-0.4, -0.2) is 51.7 Å². The fourth-order valence-corrected chi connectivity index (χ4v) is 6.90. The lowest BCUT2D eigenvalue weighted by molar-refractivity contribution is -0.139. The minimum atomic E-state index is -0.953. The second-order valence-electron chi connectivity index (χ2n) is 11.1. The molecule has 0 unspecified atom stereocenters. The molecular formula is C31H33ClN2O4. The molecule has 1 saturated carbocycles. The van der Waals surface area contributed by atoms with Crippen LogP contribution < -0.4 is 0 Å². The molecule has 3 aliphatic rings. The number of amides is 1. The molecule has 1 saturated heterocycles. The summed E-state index contributed by atoms with van der Waals surface area (Å²) in [5.74, 6) is -0.577. The zero-order valence-corrected chi connectivity index (χ0v) is 22.6. The maximum Gasteiger partial charge on any atom is 0.335 e. The normalized spacial score (nSPS) is 22.0. The number of carboxylic acid groups (broad SMARTS) is 1. The molecule has 38 heavy (non-hydrogen) atoms. The third-order valence-corrected chi connectivity index (χ3v) is 8.51. The number of aromatic nitrogens is 1. The molecule has 1 aromatic heterocycles. The Bertz CT molecular complexity index is 1460. The molecule has 2 fully saturated rings. The zero-order valence-electron chi connectivity index (χ0n) is 21.9. The van der Waals surface area contributed by atoms with E-state index in [-0.39, 0.29) is 23.7 Å². The molecule has 198 valence electrons. The van der Waals surface area contributed by atoms with E-state index < -0.39 is 5.97 Å². The van der Waals surface area contributed by atoms with E-state index in [2.05, 4.69) is 10.6 Å². The van der Waals surface area contributed by atoms with Crippen molar-refractivity contribution in [2.24, 2.45) is 0 Å². The van der Waals surface area contributed by atoms with Crippen LogP contribution in [0.15, 0.2) is 42.0 Å². The van der Waals surface area contributed by atoms with Gasteiger partial charge in [0, 0.05) is 40.2 Å². The molecule has 1 aliphatic carbocycles. The molecule has 0 bridgehead atoms. The van der Waals surface area contributed by atoms with Gasteiger partial charge >= 0.3 is 5.97 Å². The molecule has 1 N–H and O–H groups in total. The first-order valence-corrected chi connectivity index (χ1v) is 14.0. The van der Waals surface area contributed by atoms with Crippen LogP contribution >= 0.6 is 11.6 Å². The predicted octanol–water partition coefficient (Wildman–Crippen LogP) is 6.74. The topological polar surface area (TPSA) is 71.8 Å². The molecule has 3 aromatic rings. The maximum atomic E-state index is 14.0. The van der Waals surface area contributed by atoms with Crippen molar-refractivity contribution in [2.45, 2.75) is 70.6 Å². The Morgan fingerprint density at radius 2 is 1.74 bits per heavy atom. The molecule has 7 heteroatoms. The quantitative estimate of drug-likeness (QED) is 0.405. The summed E-state index contributed by atoms with van der Waals surface area (Å²) in [5.41, 5.74) is 6.11. The molecule has 0 spiro atoms. The highest BCUT2D eigenvalue weighted by molar-refractivity contribution is 6.31. The number of carbonyl (C=O) groups excluding carboxylic acids is 1. The number of rotatable bonds is 3. The molecule has 2 atom stereocenters. The van der Waals surface area contributed by atoms with E-state index in [9.17, 15) is 14.7 Å². The number of ether oxygens (including phenoxy) is 1. The summed E-state index contributed by atoms with van der Waals surface area (Å²) in [4.78, 5) is 27.8. The van der Waals surface area contributed by atoms with Crippen LogP contribution in [0.4, 0.5) is 0 Å². The Morgan fingerprint density at radius 3 is 2.45 bits per heavy atom. The van der Waals surface area contributed by atoms with Crippen LogP contribution in [0.1, 0.15) is 73.4 Å². The first-order valence-electron chi connectivity index (χ1n) is 13.6. The Morgan fingerprint density at radius 1 is 1.00 bits per heavy atom.